The summed E-state index contributed by atoms with van der Waals surface area (Å²) >= 11 is 0. The van der Waals surface area contributed by atoms with Crippen molar-refractivity contribution >= 4 is 11.8 Å². The average Bonchev–Trinajstić information content (AvgIpc) is 3.10. The molecular formula is C28H36O4. The summed E-state index contributed by atoms with van der Waals surface area (Å²) in [5.74, 6) is 0.999. The van der Waals surface area contributed by atoms with Crippen molar-refractivity contribution in [2.45, 2.75) is 84.5 Å². The molecule has 0 spiro atoms. The van der Waals surface area contributed by atoms with Gasteiger partial charge in [0.2, 0.25) is 0 Å². The largest absolute Gasteiger partial charge is 0.462 e. The number of esters is 1. The Balaban J connectivity index is 1.35. The standard InChI is InChI=1S/C28H36O4/c1-18(29)32-21-11-13-27(2)20(15-21)16-24(30)26-22-9-10-25(28(22,3)14-12-23(26)27)31-17-19-7-5-4-6-8-19/h4-8,16,21-23,25-26H,9-15,17H2,1-3H3/t21-,22-,23+,25+,26+,27-,28+/m1/s1. The fourth-order valence-electron chi connectivity index (χ4n) is 7.70. The fourth-order valence-corrected chi connectivity index (χ4v) is 7.70. The lowest BCUT2D eigenvalue weighted by Crippen LogP contribution is -2.54. The minimum absolute atomic E-state index is 0.0551. The number of hydrogen-bond donors (Lipinski definition) is 0. The Kier molecular flexibility index (Phi) is 5.56. The van der Waals surface area contributed by atoms with Crippen molar-refractivity contribution in [2.75, 3.05) is 0 Å². The first-order valence-corrected chi connectivity index (χ1v) is 12.4. The topological polar surface area (TPSA) is 52.6 Å². The van der Waals surface area contributed by atoms with Gasteiger partial charge < -0.3 is 9.47 Å². The highest BCUT2D eigenvalue weighted by Gasteiger charge is 2.61. The molecule has 0 radical (unpaired) electrons. The molecule has 1 aromatic rings. The number of hydrogen-bond acceptors (Lipinski definition) is 4. The minimum Gasteiger partial charge on any atom is -0.462 e. The van der Waals surface area contributed by atoms with Crippen LogP contribution in [0.25, 0.3) is 0 Å². The van der Waals surface area contributed by atoms with E-state index in [1.54, 1.807) is 0 Å². The van der Waals surface area contributed by atoms with Crippen molar-refractivity contribution in [3.8, 4) is 0 Å². The maximum Gasteiger partial charge on any atom is 0.302 e. The van der Waals surface area contributed by atoms with Crippen molar-refractivity contribution in [2.24, 2.45) is 28.6 Å². The summed E-state index contributed by atoms with van der Waals surface area (Å²) in [6.45, 7) is 6.87. The van der Waals surface area contributed by atoms with Gasteiger partial charge in [0.1, 0.15) is 6.10 Å². The third-order valence-electron chi connectivity index (χ3n) is 9.44. The van der Waals surface area contributed by atoms with Gasteiger partial charge in [0, 0.05) is 19.3 Å². The van der Waals surface area contributed by atoms with Crippen LogP contribution in [0, 0.1) is 28.6 Å². The number of carbonyl (C=O) groups excluding carboxylic acids is 2. The molecule has 0 heterocycles. The van der Waals surface area contributed by atoms with Gasteiger partial charge in [-0.15, -0.1) is 0 Å². The summed E-state index contributed by atoms with van der Waals surface area (Å²) in [7, 11) is 0. The van der Waals surface area contributed by atoms with Gasteiger partial charge in [-0.1, -0.05) is 49.8 Å². The number of benzene rings is 1. The van der Waals surface area contributed by atoms with Crippen LogP contribution < -0.4 is 0 Å². The summed E-state index contributed by atoms with van der Waals surface area (Å²) < 4.78 is 12.0. The number of ketones is 1. The average molecular weight is 437 g/mol. The van der Waals surface area contributed by atoms with E-state index in [0.29, 0.717) is 24.2 Å². The molecule has 172 valence electrons. The van der Waals surface area contributed by atoms with E-state index in [9.17, 15) is 9.59 Å². The summed E-state index contributed by atoms with van der Waals surface area (Å²) in [5, 5.41) is 0. The van der Waals surface area contributed by atoms with Gasteiger partial charge in [0.25, 0.3) is 0 Å². The molecule has 5 rings (SSSR count). The van der Waals surface area contributed by atoms with Gasteiger partial charge in [0.15, 0.2) is 5.78 Å². The molecule has 3 fully saturated rings. The molecule has 7 atom stereocenters. The van der Waals surface area contributed by atoms with E-state index in [2.05, 4.69) is 38.1 Å². The Morgan fingerprint density at radius 1 is 1.03 bits per heavy atom. The lowest BCUT2D eigenvalue weighted by atomic mass is 9.47. The Morgan fingerprint density at radius 2 is 1.81 bits per heavy atom. The van der Waals surface area contributed by atoms with E-state index in [4.69, 9.17) is 9.47 Å². The monoisotopic (exact) mass is 436 g/mol. The van der Waals surface area contributed by atoms with Gasteiger partial charge >= 0.3 is 5.97 Å². The first-order valence-electron chi connectivity index (χ1n) is 12.4. The number of carbonyl (C=O) groups is 2. The smallest absolute Gasteiger partial charge is 0.302 e. The maximum absolute atomic E-state index is 13.5. The lowest BCUT2D eigenvalue weighted by Gasteiger charge is -2.57. The molecule has 4 heteroatoms. The second kappa shape index (κ2) is 8.13. The van der Waals surface area contributed by atoms with Crippen LogP contribution >= 0.6 is 0 Å². The van der Waals surface area contributed by atoms with E-state index in [1.165, 1.54) is 18.1 Å². The van der Waals surface area contributed by atoms with Gasteiger partial charge in [-0.05, 0) is 72.8 Å². The van der Waals surface area contributed by atoms with E-state index in [1.807, 2.05) is 12.1 Å². The van der Waals surface area contributed by atoms with E-state index >= 15 is 0 Å². The molecule has 0 saturated heterocycles. The molecule has 4 aliphatic carbocycles. The predicted octanol–water partition coefficient (Wildman–Crippen LogP) is 5.65. The second-order valence-corrected chi connectivity index (χ2v) is 11.1. The number of allylic oxidation sites excluding steroid dienone is 1. The molecule has 0 unspecified atom stereocenters. The quantitative estimate of drug-likeness (QED) is 0.573. The molecular weight excluding hydrogens is 400 g/mol. The summed E-state index contributed by atoms with van der Waals surface area (Å²) in [6.07, 6.45) is 9.05. The zero-order valence-electron chi connectivity index (χ0n) is 19.6. The van der Waals surface area contributed by atoms with Crippen molar-refractivity contribution in [1.29, 1.82) is 0 Å². The molecule has 0 bridgehead atoms. The van der Waals surface area contributed by atoms with Crippen LogP contribution in [0.4, 0.5) is 0 Å². The molecule has 4 nitrogen and oxygen atoms in total. The normalized spacial score (nSPS) is 40.7. The van der Waals surface area contributed by atoms with Crippen LogP contribution in [0.2, 0.25) is 0 Å². The zero-order valence-corrected chi connectivity index (χ0v) is 19.6. The summed E-state index contributed by atoms with van der Waals surface area (Å²) in [4.78, 5) is 25.0. The molecule has 1 aromatic carbocycles. The Labute approximate surface area is 191 Å². The van der Waals surface area contributed by atoms with Crippen molar-refractivity contribution in [3.05, 3.63) is 47.5 Å². The Morgan fingerprint density at radius 3 is 2.56 bits per heavy atom. The van der Waals surface area contributed by atoms with E-state index in [0.717, 1.165) is 44.9 Å². The molecule has 3 saturated carbocycles. The van der Waals surface area contributed by atoms with Crippen molar-refractivity contribution in [1.82, 2.24) is 0 Å². The van der Waals surface area contributed by atoms with Crippen LogP contribution in [-0.4, -0.2) is 24.0 Å². The highest BCUT2D eigenvalue weighted by molar-refractivity contribution is 5.94. The van der Waals surface area contributed by atoms with E-state index in [-0.39, 0.29) is 34.9 Å². The van der Waals surface area contributed by atoms with Crippen LogP contribution in [0.3, 0.4) is 0 Å². The molecule has 0 N–H and O–H groups in total. The molecule has 0 aromatic heterocycles. The zero-order chi connectivity index (χ0) is 22.5. The number of ether oxygens (including phenoxy) is 2. The Hall–Kier alpha value is -1.94. The maximum atomic E-state index is 13.5. The van der Waals surface area contributed by atoms with Crippen molar-refractivity contribution in [3.63, 3.8) is 0 Å². The van der Waals surface area contributed by atoms with Gasteiger partial charge in [-0.25, -0.2) is 0 Å². The molecule has 32 heavy (non-hydrogen) atoms. The molecule has 0 aliphatic heterocycles. The van der Waals surface area contributed by atoms with Gasteiger partial charge in [-0.3, -0.25) is 9.59 Å². The minimum atomic E-state index is -0.222. The Bertz CT molecular complexity index is 921. The molecule has 0 amide bonds. The predicted molar refractivity (Wildman–Crippen MR) is 123 cm³/mol. The summed E-state index contributed by atoms with van der Waals surface area (Å²) in [5.41, 5.74) is 2.56. The SMILES string of the molecule is CC(=O)O[C@@H]1CC[C@]2(C)C(=CC(=O)[C@H]3[C@H]4CC[C@H](OCc5ccccc5)[C@@]4(C)CC[C@@H]32)C1. The van der Waals surface area contributed by atoms with Crippen LogP contribution in [-0.2, 0) is 25.7 Å². The fraction of sp³-hybridized carbons (Fsp3) is 0.643. The lowest BCUT2D eigenvalue weighted by molar-refractivity contribution is -0.150. The summed E-state index contributed by atoms with van der Waals surface area (Å²) in [6, 6.07) is 10.4. The van der Waals surface area contributed by atoms with Gasteiger partial charge in [-0.2, -0.15) is 0 Å². The first-order chi connectivity index (χ1) is 15.3. The van der Waals surface area contributed by atoms with E-state index < -0.39 is 0 Å². The number of fused-ring (bicyclic) bond motifs is 5. The third kappa shape index (κ3) is 3.55. The third-order valence-corrected chi connectivity index (χ3v) is 9.44. The van der Waals surface area contributed by atoms with Crippen molar-refractivity contribution < 1.29 is 19.1 Å². The molecule has 4 aliphatic rings. The highest BCUT2D eigenvalue weighted by Crippen LogP contribution is 2.64. The van der Waals surface area contributed by atoms with Crippen LogP contribution in [0.1, 0.15) is 71.3 Å². The highest BCUT2D eigenvalue weighted by atomic mass is 16.5. The van der Waals surface area contributed by atoms with Gasteiger partial charge in [0.05, 0.1) is 12.7 Å². The first kappa shape index (κ1) is 21.9. The van der Waals surface area contributed by atoms with Crippen LogP contribution in [0.5, 0.6) is 0 Å². The second-order valence-electron chi connectivity index (χ2n) is 11.1. The van der Waals surface area contributed by atoms with Crippen LogP contribution in [0.15, 0.2) is 42.0 Å². The number of rotatable bonds is 4.